The lowest BCUT2D eigenvalue weighted by molar-refractivity contribution is 0.439. The highest BCUT2D eigenvalue weighted by atomic mass is 32.1. The molecule has 3 heteroatoms. The third-order valence-corrected chi connectivity index (χ3v) is 3.95. The van der Waals surface area contributed by atoms with Gasteiger partial charge in [-0.1, -0.05) is 13.8 Å². The topological polar surface area (TPSA) is 24.9 Å². The Bertz CT molecular complexity index is 476. The maximum Gasteiger partial charge on any atom is 0.0505 e. The summed E-state index contributed by atoms with van der Waals surface area (Å²) in [5.41, 5.74) is 1.23. The molecular weight excluding hydrogens is 228 g/mol. The summed E-state index contributed by atoms with van der Waals surface area (Å²) in [6.07, 6.45) is 4.14. The van der Waals surface area contributed by atoms with Crippen molar-refractivity contribution in [2.24, 2.45) is 5.92 Å². The zero-order valence-corrected chi connectivity index (χ0v) is 11.6. The second kappa shape index (κ2) is 5.61. The molecule has 0 radical (unpaired) electrons. The van der Waals surface area contributed by atoms with E-state index in [0.717, 1.165) is 6.42 Å². The van der Waals surface area contributed by atoms with Crippen molar-refractivity contribution in [1.82, 2.24) is 10.3 Å². The van der Waals surface area contributed by atoms with Gasteiger partial charge in [0.15, 0.2) is 0 Å². The van der Waals surface area contributed by atoms with Gasteiger partial charge >= 0.3 is 0 Å². The predicted molar refractivity (Wildman–Crippen MR) is 75.6 cm³/mol. The summed E-state index contributed by atoms with van der Waals surface area (Å²) >= 11 is 1.79. The van der Waals surface area contributed by atoms with Crippen LogP contribution in [0.5, 0.6) is 0 Å². The van der Waals surface area contributed by atoms with Crippen LogP contribution in [0.1, 0.15) is 26.0 Å². The number of likely N-dealkylation sites (N-methyl/N-ethyl adjacent to an activating group) is 1. The molecule has 92 valence electrons. The molecule has 0 saturated heterocycles. The summed E-state index contributed by atoms with van der Waals surface area (Å²) in [6.45, 7) is 4.53. The summed E-state index contributed by atoms with van der Waals surface area (Å²) in [5, 5.41) is 6.87. The van der Waals surface area contributed by atoms with Crippen molar-refractivity contribution < 1.29 is 0 Å². The Kier molecular flexibility index (Phi) is 4.13. The van der Waals surface area contributed by atoms with Crippen LogP contribution in [-0.4, -0.2) is 18.1 Å². The van der Waals surface area contributed by atoms with Crippen molar-refractivity contribution in [2.45, 2.75) is 32.7 Å². The van der Waals surface area contributed by atoms with Gasteiger partial charge in [0.05, 0.1) is 5.69 Å². The molecule has 17 heavy (non-hydrogen) atoms. The minimum absolute atomic E-state index is 0.521. The van der Waals surface area contributed by atoms with Gasteiger partial charge in [-0.2, -0.15) is 0 Å². The average Bonchev–Trinajstić information content (AvgIpc) is 2.76. The van der Waals surface area contributed by atoms with Crippen LogP contribution in [0, 0.1) is 5.92 Å². The van der Waals surface area contributed by atoms with E-state index in [4.69, 9.17) is 0 Å². The van der Waals surface area contributed by atoms with Gasteiger partial charge in [-0.3, -0.25) is 4.98 Å². The fourth-order valence-electron chi connectivity index (χ4n) is 2.22. The van der Waals surface area contributed by atoms with E-state index in [2.05, 4.69) is 41.7 Å². The summed E-state index contributed by atoms with van der Waals surface area (Å²) < 4.78 is 1.34. The Morgan fingerprint density at radius 2 is 2.18 bits per heavy atom. The van der Waals surface area contributed by atoms with Crippen LogP contribution >= 0.6 is 11.3 Å². The normalized spacial score (nSPS) is 13.4. The van der Waals surface area contributed by atoms with Crippen molar-refractivity contribution in [3.8, 4) is 0 Å². The van der Waals surface area contributed by atoms with Gasteiger partial charge in [-0.15, -0.1) is 11.3 Å². The minimum Gasteiger partial charge on any atom is -0.317 e. The molecule has 1 N–H and O–H groups in total. The van der Waals surface area contributed by atoms with Crippen LogP contribution in [0.25, 0.3) is 10.1 Å². The summed E-state index contributed by atoms with van der Waals surface area (Å²) in [5.74, 6) is 0.717. The monoisotopic (exact) mass is 248 g/mol. The molecule has 0 aliphatic rings. The smallest absolute Gasteiger partial charge is 0.0505 e. The maximum atomic E-state index is 4.54. The molecule has 0 aliphatic heterocycles. The van der Waals surface area contributed by atoms with E-state index in [0.29, 0.717) is 12.0 Å². The quantitative estimate of drug-likeness (QED) is 0.876. The molecule has 0 aliphatic carbocycles. The number of hydrogen-bond acceptors (Lipinski definition) is 3. The standard InChI is InChI=1S/C14H20N2S/c1-10(2)8-11(15-3)9-13-12-5-7-17-14(12)4-6-16-13/h4-7,10-11,15H,8-9H2,1-3H3. The predicted octanol–water partition coefficient (Wildman–Crippen LogP) is 3.47. The Labute approximate surface area is 107 Å². The molecular formula is C14H20N2S. The van der Waals surface area contributed by atoms with Gasteiger partial charge in [0.25, 0.3) is 0 Å². The number of pyridine rings is 1. The molecule has 0 aromatic carbocycles. The van der Waals surface area contributed by atoms with Crippen LogP contribution in [0.15, 0.2) is 23.7 Å². The Hall–Kier alpha value is -0.930. The Morgan fingerprint density at radius 3 is 2.88 bits per heavy atom. The number of hydrogen-bond donors (Lipinski definition) is 1. The zero-order chi connectivity index (χ0) is 12.3. The largest absolute Gasteiger partial charge is 0.317 e. The molecule has 0 spiro atoms. The number of nitrogens with zero attached hydrogens (tertiary/aromatic N) is 1. The molecule has 1 unspecified atom stereocenters. The average molecular weight is 248 g/mol. The molecule has 0 bridgehead atoms. The van der Waals surface area contributed by atoms with Crippen LogP contribution in [0.3, 0.4) is 0 Å². The van der Waals surface area contributed by atoms with Crippen LogP contribution in [-0.2, 0) is 6.42 Å². The van der Waals surface area contributed by atoms with Crippen molar-refractivity contribution in [3.05, 3.63) is 29.4 Å². The molecule has 0 fully saturated rings. The molecule has 2 nitrogen and oxygen atoms in total. The SMILES string of the molecule is CNC(Cc1nccc2sccc12)CC(C)C. The van der Waals surface area contributed by atoms with E-state index in [9.17, 15) is 0 Å². The molecule has 2 aromatic heterocycles. The Balaban J connectivity index is 2.19. The highest BCUT2D eigenvalue weighted by Gasteiger charge is 2.12. The van der Waals surface area contributed by atoms with Crippen LogP contribution in [0.4, 0.5) is 0 Å². The van der Waals surface area contributed by atoms with Crippen molar-refractivity contribution >= 4 is 21.4 Å². The lowest BCUT2D eigenvalue weighted by atomic mass is 9.99. The highest BCUT2D eigenvalue weighted by Crippen LogP contribution is 2.24. The highest BCUT2D eigenvalue weighted by molar-refractivity contribution is 7.17. The Morgan fingerprint density at radius 1 is 1.35 bits per heavy atom. The number of fused-ring (bicyclic) bond motifs is 1. The van der Waals surface area contributed by atoms with E-state index in [1.807, 2.05) is 13.2 Å². The lowest BCUT2D eigenvalue weighted by Crippen LogP contribution is -2.29. The molecule has 0 saturated carbocycles. The van der Waals surface area contributed by atoms with Gasteiger partial charge < -0.3 is 5.32 Å². The third-order valence-electron chi connectivity index (χ3n) is 3.07. The van der Waals surface area contributed by atoms with Crippen LogP contribution < -0.4 is 5.32 Å². The van der Waals surface area contributed by atoms with E-state index < -0.39 is 0 Å². The van der Waals surface area contributed by atoms with E-state index >= 15 is 0 Å². The molecule has 2 aromatic rings. The fourth-order valence-corrected chi connectivity index (χ4v) is 3.02. The van der Waals surface area contributed by atoms with Gasteiger partial charge in [0.2, 0.25) is 0 Å². The first kappa shape index (κ1) is 12.5. The molecule has 1 atom stereocenters. The second-order valence-electron chi connectivity index (χ2n) is 4.91. The first-order valence-electron chi connectivity index (χ1n) is 6.19. The first-order valence-corrected chi connectivity index (χ1v) is 7.07. The third kappa shape index (κ3) is 3.05. The summed E-state index contributed by atoms with van der Waals surface area (Å²) in [6, 6.07) is 4.80. The van der Waals surface area contributed by atoms with Gasteiger partial charge in [0.1, 0.15) is 0 Å². The van der Waals surface area contributed by atoms with Crippen molar-refractivity contribution in [3.63, 3.8) is 0 Å². The van der Waals surface area contributed by atoms with Crippen LogP contribution in [0.2, 0.25) is 0 Å². The van der Waals surface area contributed by atoms with E-state index in [1.54, 1.807) is 11.3 Å². The molecule has 2 rings (SSSR count). The van der Waals surface area contributed by atoms with Crippen molar-refractivity contribution in [2.75, 3.05) is 7.05 Å². The fraction of sp³-hybridized carbons (Fsp3) is 0.500. The second-order valence-corrected chi connectivity index (χ2v) is 5.86. The summed E-state index contributed by atoms with van der Waals surface area (Å²) in [7, 11) is 2.04. The van der Waals surface area contributed by atoms with E-state index in [-0.39, 0.29) is 0 Å². The lowest BCUT2D eigenvalue weighted by Gasteiger charge is -2.18. The number of thiophene rings is 1. The van der Waals surface area contributed by atoms with E-state index in [1.165, 1.54) is 22.2 Å². The van der Waals surface area contributed by atoms with Crippen molar-refractivity contribution in [1.29, 1.82) is 0 Å². The van der Waals surface area contributed by atoms with Gasteiger partial charge in [0, 0.05) is 28.7 Å². The van der Waals surface area contributed by atoms with Gasteiger partial charge in [-0.05, 0) is 36.9 Å². The zero-order valence-electron chi connectivity index (χ0n) is 10.7. The number of rotatable bonds is 5. The maximum absolute atomic E-state index is 4.54. The molecule has 2 heterocycles. The number of aromatic nitrogens is 1. The number of nitrogens with one attached hydrogen (secondary N) is 1. The minimum atomic E-state index is 0.521. The first-order chi connectivity index (χ1) is 8.20. The van der Waals surface area contributed by atoms with Gasteiger partial charge in [-0.25, -0.2) is 0 Å². The summed E-state index contributed by atoms with van der Waals surface area (Å²) in [4.78, 5) is 4.54. The molecule has 0 amide bonds.